The van der Waals surface area contributed by atoms with E-state index >= 15 is 0 Å². The van der Waals surface area contributed by atoms with E-state index in [0.29, 0.717) is 0 Å². The number of likely N-dealkylation sites (tertiary alicyclic amines) is 1. The normalized spacial score (nSPS) is 17.1. The molecule has 0 aromatic carbocycles. The van der Waals surface area contributed by atoms with Crippen LogP contribution >= 0.6 is 0 Å². The fourth-order valence-electron chi connectivity index (χ4n) is 1.96. The van der Waals surface area contributed by atoms with Crippen LogP contribution in [0.3, 0.4) is 0 Å². The summed E-state index contributed by atoms with van der Waals surface area (Å²) in [5, 5.41) is 4.05. The van der Waals surface area contributed by atoms with Crippen LogP contribution in [-0.2, 0) is 7.05 Å². The van der Waals surface area contributed by atoms with E-state index in [2.05, 4.69) is 10.00 Å². The Labute approximate surface area is 90.8 Å². The van der Waals surface area contributed by atoms with Crippen LogP contribution in [0, 0.1) is 0 Å². The SMILES string of the molecule is Cn1cc(OCCCN2CCCC2)cn1. The first-order valence-corrected chi connectivity index (χ1v) is 5.68. The molecule has 1 fully saturated rings. The number of aromatic nitrogens is 2. The summed E-state index contributed by atoms with van der Waals surface area (Å²) in [5.74, 6) is 0.874. The van der Waals surface area contributed by atoms with Crippen LogP contribution < -0.4 is 4.74 Å². The lowest BCUT2D eigenvalue weighted by Gasteiger charge is -2.13. The van der Waals surface area contributed by atoms with Crippen molar-refractivity contribution in [2.24, 2.45) is 7.05 Å². The second kappa shape index (κ2) is 5.16. The number of ether oxygens (including phenoxy) is 1. The highest BCUT2D eigenvalue weighted by molar-refractivity contribution is 5.10. The van der Waals surface area contributed by atoms with E-state index in [0.717, 1.165) is 18.8 Å². The van der Waals surface area contributed by atoms with Gasteiger partial charge in [-0.2, -0.15) is 5.10 Å². The van der Waals surface area contributed by atoms with Crippen molar-refractivity contribution in [2.45, 2.75) is 19.3 Å². The van der Waals surface area contributed by atoms with Gasteiger partial charge in [-0.1, -0.05) is 0 Å². The van der Waals surface area contributed by atoms with Gasteiger partial charge in [0.2, 0.25) is 0 Å². The summed E-state index contributed by atoms with van der Waals surface area (Å²) in [6, 6.07) is 0. The van der Waals surface area contributed by atoms with E-state index in [1.54, 1.807) is 10.9 Å². The van der Waals surface area contributed by atoms with Crippen LogP contribution in [0.1, 0.15) is 19.3 Å². The number of nitrogens with zero attached hydrogens (tertiary/aromatic N) is 3. The third kappa shape index (κ3) is 3.23. The van der Waals surface area contributed by atoms with Gasteiger partial charge in [-0.15, -0.1) is 0 Å². The van der Waals surface area contributed by atoms with Crippen LogP contribution in [-0.4, -0.2) is 40.9 Å². The van der Waals surface area contributed by atoms with E-state index in [-0.39, 0.29) is 0 Å². The molecular weight excluding hydrogens is 190 g/mol. The smallest absolute Gasteiger partial charge is 0.157 e. The molecule has 15 heavy (non-hydrogen) atoms. The highest BCUT2D eigenvalue weighted by atomic mass is 16.5. The van der Waals surface area contributed by atoms with Crippen molar-refractivity contribution in [2.75, 3.05) is 26.2 Å². The summed E-state index contributed by atoms with van der Waals surface area (Å²) in [6.45, 7) is 4.50. The van der Waals surface area contributed by atoms with Crippen molar-refractivity contribution < 1.29 is 4.74 Å². The monoisotopic (exact) mass is 209 g/mol. The Balaban J connectivity index is 1.58. The first kappa shape index (κ1) is 10.5. The van der Waals surface area contributed by atoms with Crippen LogP contribution in [0.5, 0.6) is 5.75 Å². The highest BCUT2D eigenvalue weighted by Gasteiger charge is 2.10. The maximum absolute atomic E-state index is 5.58. The number of hydrogen-bond donors (Lipinski definition) is 0. The van der Waals surface area contributed by atoms with Crippen molar-refractivity contribution in [1.29, 1.82) is 0 Å². The molecule has 84 valence electrons. The molecule has 0 aliphatic carbocycles. The molecule has 0 saturated carbocycles. The fourth-order valence-corrected chi connectivity index (χ4v) is 1.96. The molecular formula is C11H19N3O. The van der Waals surface area contributed by atoms with Gasteiger partial charge >= 0.3 is 0 Å². The van der Waals surface area contributed by atoms with Crippen molar-refractivity contribution in [3.8, 4) is 5.75 Å². The molecule has 0 bridgehead atoms. The molecule has 1 aliphatic rings. The molecule has 1 saturated heterocycles. The summed E-state index contributed by atoms with van der Waals surface area (Å²) in [7, 11) is 1.90. The van der Waals surface area contributed by atoms with Gasteiger partial charge in [0, 0.05) is 13.6 Å². The van der Waals surface area contributed by atoms with Gasteiger partial charge in [0.1, 0.15) is 0 Å². The number of aryl methyl sites for hydroxylation is 1. The van der Waals surface area contributed by atoms with Gasteiger partial charge in [0.05, 0.1) is 19.0 Å². The summed E-state index contributed by atoms with van der Waals surface area (Å²) >= 11 is 0. The minimum absolute atomic E-state index is 0.794. The molecule has 0 N–H and O–H groups in total. The lowest BCUT2D eigenvalue weighted by molar-refractivity contribution is 0.263. The Morgan fingerprint density at radius 1 is 1.40 bits per heavy atom. The van der Waals surface area contributed by atoms with Crippen LogP contribution in [0.15, 0.2) is 12.4 Å². The Morgan fingerprint density at radius 3 is 2.87 bits per heavy atom. The maximum Gasteiger partial charge on any atom is 0.157 e. The van der Waals surface area contributed by atoms with Gasteiger partial charge in [-0.25, -0.2) is 0 Å². The molecule has 4 nitrogen and oxygen atoms in total. The summed E-state index contributed by atoms with van der Waals surface area (Å²) in [5.41, 5.74) is 0. The molecule has 4 heteroatoms. The second-order valence-corrected chi connectivity index (χ2v) is 4.10. The highest BCUT2D eigenvalue weighted by Crippen LogP contribution is 2.09. The standard InChI is InChI=1S/C11H19N3O/c1-13-10-11(9-12-13)15-8-4-7-14-5-2-3-6-14/h9-10H,2-8H2,1H3. The van der Waals surface area contributed by atoms with Crippen molar-refractivity contribution in [1.82, 2.24) is 14.7 Å². The second-order valence-electron chi connectivity index (χ2n) is 4.10. The quantitative estimate of drug-likeness (QED) is 0.684. The Kier molecular flexibility index (Phi) is 3.61. The average molecular weight is 209 g/mol. The van der Waals surface area contributed by atoms with Gasteiger partial charge in [0.25, 0.3) is 0 Å². The van der Waals surface area contributed by atoms with Gasteiger partial charge in [0.15, 0.2) is 5.75 Å². The largest absolute Gasteiger partial charge is 0.490 e. The van der Waals surface area contributed by atoms with E-state index in [4.69, 9.17) is 4.74 Å². The Bertz CT molecular complexity index is 292. The molecule has 1 aromatic rings. The topological polar surface area (TPSA) is 30.3 Å². The lowest BCUT2D eigenvalue weighted by Crippen LogP contribution is -2.21. The predicted molar refractivity (Wildman–Crippen MR) is 59.0 cm³/mol. The van der Waals surface area contributed by atoms with E-state index in [1.165, 1.54) is 32.5 Å². The summed E-state index contributed by atoms with van der Waals surface area (Å²) < 4.78 is 7.34. The van der Waals surface area contributed by atoms with Crippen LogP contribution in [0.4, 0.5) is 0 Å². The Hall–Kier alpha value is -1.03. The fraction of sp³-hybridized carbons (Fsp3) is 0.727. The third-order valence-electron chi connectivity index (χ3n) is 2.77. The first-order chi connectivity index (χ1) is 7.34. The zero-order valence-electron chi connectivity index (χ0n) is 9.35. The summed E-state index contributed by atoms with van der Waals surface area (Å²) in [4.78, 5) is 2.51. The molecule has 2 heterocycles. The number of rotatable bonds is 5. The lowest BCUT2D eigenvalue weighted by atomic mass is 10.4. The number of hydrogen-bond acceptors (Lipinski definition) is 3. The van der Waals surface area contributed by atoms with E-state index < -0.39 is 0 Å². The van der Waals surface area contributed by atoms with Gasteiger partial charge < -0.3 is 9.64 Å². The van der Waals surface area contributed by atoms with Crippen molar-refractivity contribution >= 4 is 0 Å². The Morgan fingerprint density at radius 2 is 2.20 bits per heavy atom. The van der Waals surface area contributed by atoms with Crippen LogP contribution in [0.25, 0.3) is 0 Å². The van der Waals surface area contributed by atoms with Gasteiger partial charge in [-0.05, 0) is 32.4 Å². The summed E-state index contributed by atoms with van der Waals surface area (Å²) in [6.07, 6.45) is 7.49. The molecule has 0 radical (unpaired) electrons. The molecule has 0 unspecified atom stereocenters. The molecule has 0 amide bonds. The molecule has 0 atom stereocenters. The first-order valence-electron chi connectivity index (χ1n) is 5.68. The van der Waals surface area contributed by atoms with Crippen molar-refractivity contribution in [3.05, 3.63) is 12.4 Å². The minimum Gasteiger partial charge on any atom is -0.490 e. The van der Waals surface area contributed by atoms with Gasteiger partial charge in [-0.3, -0.25) is 4.68 Å². The zero-order chi connectivity index (χ0) is 10.5. The molecule has 1 aliphatic heterocycles. The molecule has 1 aromatic heterocycles. The van der Waals surface area contributed by atoms with E-state index in [1.807, 2.05) is 13.2 Å². The predicted octanol–water partition coefficient (Wildman–Crippen LogP) is 1.28. The average Bonchev–Trinajstić information content (AvgIpc) is 2.84. The van der Waals surface area contributed by atoms with Crippen LogP contribution in [0.2, 0.25) is 0 Å². The van der Waals surface area contributed by atoms with Crippen molar-refractivity contribution in [3.63, 3.8) is 0 Å². The van der Waals surface area contributed by atoms with E-state index in [9.17, 15) is 0 Å². The minimum atomic E-state index is 0.794. The third-order valence-corrected chi connectivity index (χ3v) is 2.77. The zero-order valence-corrected chi connectivity index (χ0v) is 9.35. The molecule has 2 rings (SSSR count). The maximum atomic E-state index is 5.58. The molecule has 0 spiro atoms.